The maximum Gasteiger partial charge on any atom is 0.324 e. The number of rotatable bonds is 6. The summed E-state index contributed by atoms with van der Waals surface area (Å²) in [5.74, 6) is -0.189. The van der Waals surface area contributed by atoms with E-state index in [1.807, 2.05) is 13.1 Å². The topological polar surface area (TPSA) is 41.6 Å². The van der Waals surface area contributed by atoms with Gasteiger partial charge < -0.3 is 15.0 Å². The summed E-state index contributed by atoms with van der Waals surface area (Å²) in [6.07, 6.45) is 2.31. The Bertz CT molecular complexity index is 444. The first kappa shape index (κ1) is 13.9. The monoisotopic (exact) mass is 262 g/mol. The molecule has 1 aromatic rings. The molecular formula is C15H22N2O2. The Balaban J connectivity index is 2.00. The highest BCUT2D eigenvalue weighted by Crippen LogP contribution is 2.20. The Kier molecular flexibility index (Phi) is 4.43. The van der Waals surface area contributed by atoms with Crippen LogP contribution in [0.15, 0.2) is 24.3 Å². The summed E-state index contributed by atoms with van der Waals surface area (Å²) in [5.41, 5.74) is 2.33. The molecule has 0 bridgehead atoms. The Morgan fingerprint density at radius 3 is 2.84 bits per heavy atom. The summed E-state index contributed by atoms with van der Waals surface area (Å²) in [4.78, 5) is 13.9. The number of benzene rings is 1. The number of esters is 1. The number of carbonyl (C=O) groups excluding carboxylic acids is 1. The molecule has 0 saturated heterocycles. The van der Waals surface area contributed by atoms with Gasteiger partial charge in [0.1, 0.15) is 6.04 Å². The van der Waals surface area contributed by atoms with Gasteiger partial charge in [0.15, 0.2) is 0 Å². The lowest BCUT2D eigenvalue weighted by molar-refractivity contribution is -0.142. The number of hydrogen-bond acceptors (Lipinski definition) is 4. The molecule has 0 aliphatic heterocycles. The van der Waals surface area contributed by atoms with Crippen molar-refractivity contribution in [2.45, 2.75) is 31.8 Å². The van der Waals surface area contributed by atoms with Crippen LogP contribution in [0.2, 0.25) is 0 Å². The van der Waals surface area contributed by atoms with Gasteiger partial charge in [-0.1, -0.05) is 12.1 Å². The smallest absolute Gasteiger partial charge is 0.324 e. The number of anilines is 1. The van der Waals surface area contributed by atoms with Crippen LogP contribution in [-0.4, -0.2) is 38.8 Å². The number of hydrogen-bond donors (Lipinski definition) is 1. The van der Waals surface area contributed by atoms with Crippen molar-refractivity contribution in [1.82, 2.24) is 5.32 Å². The molecule has 1 aliphatic rings. The lowest BCUT2D eigenvalue weighted by Crippen LogP contribution is -2.46. The van der Waals surface area contributed by atoms with Crippen LogP contribution in [-0.2, 0) is 9.53 Å². The van der Waals surface area contributed by atoms with Gasteiger partial charge in [0.05, 0.1) is 7.11 Å². The molecule has 1 fully saturated rings. The average molecular weight is 262 g/mol. The molecule has 1 aliphatic carbocycles. The minimum absolute atomic E-state index is 0.189. The molecule has 1 N–H and O–H groups in total. The molecule has 1 aromatic carbocycles. The van der Waals surface area contributed by atoms with E-state index in [2.05, 4.69) is 35.3 Å². The molecule has 1 unspecified atom stereocenters. The number of nitrogens with one attached hydrogen (secondary N) is 1. The summed E-state index contributed by atoms with van der Waals surface area (Å²) in [7, 11) is 3.44. The molecule has 2 rings (SSSR count). The number of likely N-dealkylation sites (N-methyl/N-ethyl adjacent to an activating group) is 1. The minimum Gasteiger partial charge on any atom is -0.468 e. The Labute approximate surface area is 114 Å². The zero-order valence-corrected chi connectivity index (χ0v) is 11.8. The SMILES string of the molecule is COC(=O)C(CN(C)c1cccc(C)c1)NC1CC1. The highest BCUT2D eigenvalue weighted by Gasteiger charge is 2.29. The number of carbonyl (C=O) groups is 1. The molecule has 1 saturated carbocycles. The Hall–Kier alpha value is -1.55. The summed E-state index contributed by atoms with van der Waals surface area (Å²) >= 11 is 0. The van der Waals surface area contributed by atoms with Gasteiger partial charge >= 0.3 is 5.97 Å². The van der Waals surface area contributed by atoms with Crippen LogP contribution in [0.5, 0.6) is 0 Å². The Morgan fingerprint density at radius 1 is 1.53 bits per heavy atom. The first-order valence-corrected chi connectivity index (χ1v) is 6.72. The van der Waals surface area contributed by atoms with E-state index in [0.29, 0.717) is 12.6 Å². The van der Waals surface area contributed by atoms with Gasteiger partial charge in [0.2, 0.25) is 0 Å². The van der Waals surface area contributed by atoms with E-state index in [-0.39, 0.29) is 12.0 Å². The fourth-order valence-electron chi connectivity index (χ4n) is 2.12. The zero-order valence-electron chi connectivity index (χ0n) is 11.8. The van der Waals surface area contributed by atoms with Crippen molar-refractivity contribution in [1.29, 1.82) is 0 Å². The van der Waals surface area contributed by atoms with Crippen LogP contribution in [0, 0.1) is 6.92 Å². The van der Waals surface area contributed by atoms with Crippen LogP contribution < -0.4 is 10.2 Å². The quantitative estimate of drug-likeness (QED) is 0.793. The van der Waals surface area contributed by atoms with Gasteiger partial charge in [0, 0.05) is 25.3 Å². The van der Waals surface area contributed by atoms with Crippen LogP contribution in [0.25, 0.3) is 0 Å². The Morgan fingerprint density at radius 2 is 2.26 bits per heavy atom. The molecular weight excluding hydrogens is 240 g/mol. The van der Waals surface area contributed by atoms with Gasteiger partial charge in [-0.15, -0.1) is 0 Å². The summed E-state index contributed by atoms with van der Waals surface area (Å²) in [6, 6.07) is 8.49. The van der Waals surface area contributed by atoms with Crippen molar-refractivity contribution < 1.29 is 9.53 Å². The second-order valence-electron chi connectivity index (χ2n) is 5.24. The average Bonchev–Trinajstić information content (AvgIpc) is 3.21. The van der Waals surface area contributed by atoms with Crippen LogP contribution in [0.4, 0.5) is 5.69 Å². The number of methoxy groups -OCH3 is 1. The summed E-state index contributed by atoms with van der Waals surface area (Å²) in [6.45, 7) is 2.68. The van der Waals surface area contributed by atoms with E-state index in [1.54, 1.807) is 0 Å². The van der Waals surface area contributed by atoms with Crippen molar-refractivity contribution in [3.63, 3.8) is 0 Å². The molecule has 0 spiro atoms. The van der Waals surface area contributed by atoms with Gasteiger partial charge in [-0.05, 0) is 37.5 Å². The summed E-state index contributed by atoms with van der Waals surface area (Å²) in [5, 5.41) is 3.34. The standard InChI is InChI=1S/C15H22N2O2/c1-11-5-4-6-13(9-11)17(2)10-14(15(18)19-3)16-12-7-8-12/h4-6,9,12,14,16H,7-8,10H2,1-3H3. The van der Waals surface area contributed by atoms with E-state index in [4.69, 9.17) is 4.74 Å². The predicted octanol–water partition coefficient (Wildman–Crippen LogP) is 1.72. The third-order valence-corrected chi connectivity index (χ3v) is 3.40. The molecule has 4 heteroatoms. The van der Waals surface area contributed by atoms with Crippen LogP contribution in [0.3, 0.4) is 0 Å². The molecule has 104 valence electrons. The molecule has 0 heterocycles. The highest BCUT2D eigenvalue weighted by molar-refractivity contribution is 5.76. The molecule has 1 atom stereocenters. The first-order valence-electron chi connectivity index (χ1n) is 6.72. The van der Waals surface area contributed by atoms with Crippen LogP contribution >= 0.6 is 0 Å². The minimum atomic E-state index is -0.261. The number of aryl methyl sites for hydroxylation is 1. The third kappa shape index (κ3) is 3.96. The molecule has 4 nitrogen and oxygen atoms in total. The highest BCUT2D eigenvalue weighted by atomic mass is 16.5. The lowest BCUT2D eigenvalue weighted by atomic mass is 10.2. The molecule has 0 amide bonds. The second kappa shape index (κ2) is 6.06. The van der Waals surface area contributed by atoms with Crippen molar-refractivity contribution in [3.05, 3.63) is 29.8 Å². The maximum absolute atomic E-state index is 11.8. The largest absolute Gasteiger partial charge is 0.468 e. The van der Waals surface area contributed by atoms with Crippen molar-refractivity contribution in [3.8, 4) is 0 Å². The van der Waals surface area contributed by atoms with Gasteiger partial charge in [-0.25, -0.2) is 0 Å². The maximum atomic E-state index is 11.8. The fourth-order valence-corrected chi connectivity index (χ4v) is 2.12. The number of ether oxygens (including phenoxy) is 1. The van der Waals surface area contributed by atoms with E-state index < -0.39 is 0 Å². The predicted molar refractivity (Wildman–Crippen MR) is 76.4 cm³/mol. The van der Waals surface area contributed by atoms with E-state index in [9.17, 15) is 4.79 Å². The van der Waals surface area contributed by atoms with Gasteiger partial charge in [-0.2, -0.15) is 0 Å². The van der Waals surface area contributed by atoms with Gasteiger partial charge in [-0.3, -0.25) is 4.79 Å². The number of nitrogens with zero attached hydrogens (tertiary/aromatic N) is 1. The van der Waals surface area contributed by atoms with E-state index in [0.717, 1.165) is 18.5 Å². The molecule has 0 aromatic heterocycles. The van der Waals surface area contributed by atoms with Crippen molar-refractivity contribution in [2.24, 2.45) is 0 Å². The third-order valence-electron chi connectivity index (χ3n) is 3.40. The molecule has 0 radical (unpaired) electrons. The zero-order chi connectivity index (χ0) is 13.8. The van der Waals surface area contributed by atoms with E-state index >= 15 is 0 Å². The normalized spacial score (nSPS) is 15.9. The molecule has 19 heavy (non-hydrogen) atoms. The first-order chi connectivity index (χ1) is 9.10. The van der Waals surface area contributed by atoms with Crippen molar-refractivity contribution >= 4 is 11.7 Å². The van der Waals surface area contributed by atoms with Gasteiger partial charge in [0.25, 0.3) is 0 Å². The second-order valence-corrected chi connectivity index (χ2v) is 5.24. The van der Waals surface area contributed by atoms with Crippen LogP contribution in [0.1, 0.15) is 18.4 Å². The fraction of sp³-hybridized carbons (Fsp3) is 0.533. The van der Waals surface area contributed by atoms with Crippen molar-refractivity contribution in [2.75, 3.05) is 25.6 Å². The summed E-state index contributed by atoms with van der Waals surface area (Å²) < 4.78 is 4.87. The lowest BCUT2D eigenvalue weighted by Gasteiger charge is -2.25. The van der Waals surface area contributed by atoms with E-state index in [1.165, 1.54) is 12.7 Å².